The Morgan fingerprint density at radius 3 is 2.47 bits per heavy atom. The molecule has 2 rings (SSSR count). The summed E-state index contributed by atoms with van der Waals surface area (Å²) in [4.78, 5) is 12.8. The van der Waals surface area contributed by atoms with E-state index in [1.807, 2.05) is 6.92 Å². The molecule has 0 spiro atoms. The molecule has 0 radical (unpaired) electrons. The summed E-state index contributed by atoms with van der Waals surface area (Å²) in [6.07, 6.45) is 0. The van der Waals surface area contributed by atoms with Gasteiger partial charge >= 0.3 is 0 Å². The van der Waals surface area contributed by atoms with E-state index in [1.54, 1.807) is 24.3 Å². The monoisotopic (exact) mass is 348 g/mol. The van der Waals surface area contributed by atoms with Crippen LogP contribution < -0.4 is 0 Å². The van der Waals surface area contributed by atoms with E-state index in [-0.39, 0.29) is 5.78 Å². The zero-order valence-electron chi connectivity index (χ0n) is 8.76. The van der Waals surface area contributed by atoms with E-state index in [0.29, 0.717) is 20.5 Å². The van der Waals surface area contributed by atoms with Crippen LogP contribution in [0.4, 0.5) is 0 Å². The quantitative estimate of drug-likeness (QED) is 0.667. The van der Waals surface area contributed by atoms with Crippen LogP contribution in [-0.2, 0) is 0 Å². The summed E-state index contributed by atoms with van der Waals surface area (Å²) >= 11 is 16.5. The molecule has 0 fully saturated rings. The summed E-state index contributed by atoms with van der Waals surface area (Å²) in [7, 11) is 0. The minimum atomic E-state index is -0.0395. The van der Waals surface area contributed by atoms with Gasteiger partial charge in [0.05, 0.1) is 13.7 Å². The molecule has 0 bridgehead atoms. The second kappa shape index (κ2) is 5.11. The van der Waals surface area contributed by atoms with Crippen LogP contribution in [0, 0.1) is 6.92 Å². The summed E-state index contributed by atoms with van der Waals surface area (Å²) in [6, 6.07) is 6.91. The number of carbonyl (C=O) groups excluding carboxylic acids is 1. The van der Waals surface area contributed by atoms with Gasteiger partial charge in [-0.2, -0.15) is 0 Å². The van der Waals surface area contributed by atoms with Crippen molar-refractivity contribution in [3.05, 3.63) is 54.1 Å². The molecule has 17 heavy (non-hydrogen) atoms. The van der Waals surface area contributed by atoms with Gasteiger partial charge in [-0.05, 0) is 52.7 Å². The Morgan fingerprint density at radius 2 is 1.94 bits per heavy atom. The Morgan fingerprint density at radius 1 is 1.24 bits per heavy atom. The molecular weight excluding hydrogens is 343 g/mol. The van der Waals surface area contributed by atoms with Crippen LogP contribution in [-0.4, -0.2) is 5.78 Å². The van der Waals surface area contributed by atoms with Crippen LogP contribution in [0.5, 0.6) is 0 Å². The first-order chi connectivity index (χ1) is 7.99. The van der Waals surface area contributed by atoms with Gasteiger partial charge in [0.1, 0.15) is 0 Å². The third kappa shape index (κ3) is 2.74. The van der Waals surface area contributed by atoms with E-state index in [0.717, 1.165) is 9.35 Å². The van der Waals surface area contributed by atoms with E-state index in [2.05, 4.69) is 15.9 Å². The fourth-order valence-corrected chi connectivity index (χ4v) is 3.17. The number of halogens is 3. The van der Waals surface area contributed by atoms with Crippen LogP contribution in [0.25, 0.3) is 0 Å². The van der Waals surface area contributed by atoms with Crippen molar-refractivity contribution in [1.29, 1.82) is 0 Å². The summed E-state index contributed by atoms with van der Waals surface area (Å²) in [5.74, 6) is -0.0395. The van der Waals surface area contributed by atoms with Gasteiger partial charge in [0.25, 0.3) is 0 Å². The number of benzene rings is 1. The van der Waals surface area contributed by atoms with Crippen molar-refractivity contribution < 1.29 is 4.79 Å². The van der Waals surface area contributed by atoms with Crippen LogP contribution in [0.2, 0.25) is 10.0 Å². The molecule has 0 unspecified atom stereocenters. The summed E-state index contributed by atoms with van der Waals surface area (Å²) in [5.41, 5.74) is 1.51. The van der Waals surface area contributed by atoms with Crippen LogP contribution >= 0.6 is 50.5 Å². The molecule has 0 amide bonds. The van der Waals surface area contributed by atoms with E-state index >= 15 is 0 Å². The highest BCUT2D eigenvalue weighted by molar-refractivity contribution is 9.11. The normalized spacial score (nSPS) is 10.6. The molecule has 0 N–H and O–H groups in total. The lowest BCUT2D eigenvalue weighted by Crippen LogP contribution is -1.98. The highest BCUT2D eigenvalue weighted by atomic mass is 79.9. The van der Waals surface area contributed by atoms with E-state index < -0.39 is 0 Å². The molecule has 0 atom stereocenters. The second-order valence-corrected chi connectivity index (χ2v) is 6.71. The summed E-state index contributed by atoms with van der Waals surface area (Å²) in [6.45, 7) is 1.87. The minimum Gasteiger partial charge on any atom is -0.288 e. The standard InChI is InChI=1S/C12H7BrCl2OS/c1-6-4-7(2-3-8(6)14)11(16)10-5-9(15)12(13)17-10/h2-5H,1H3. The zero-order chi connectivity index (χ0) is 12.6. The van der Waals surface area contributed by atoms with Gasteiger partial charge in [-0.15, -0.1) is 11.3 Å². The molecule has 0 saturated carbocycles. The molecule has 1 aromatic carbocycles. The lowest BCUT2D eigenvalue weighted by atomic mass is 10.1. The summed E-state index contributed by atoms with van der Waals surface area (Å²) < 4.78 is 0.771. The Hall–Kier alpha value is -0.350. The molecule has 5 heteroatoms. The predicted octanol–water partition coefficient (Wildman–Crippen LogP) is 5.36. The van der Waals surface area contributed by atoms with Gasteiger partial charge in [0.2, 0.25) is 5.78 Å². The average Bonchev–Trinajstić information content (AvgIpc) is 2.62. The second-order valence-electron chi connectivity index (χ2n) is 3.53. The molecule has 0 aliphatic carbocycles. The zero-order valence-corrected chi connectivity index (χ0v) is 12.7. The van der Waals surface area contributed by atoms with Crippen molar-refractivity contribution >= 4 is 56.3 Å². The smallest absolute Gasteiger partial charge is 0.203 e. The molecule has 1 nitrogen and oxygen atoms in total. The van der Waals surface area contributed by atoms with E-state index in [4.69, 9.17) is 23.2 Å². The first-order valence-electron chi connectivity index (χ1n) is 4.74. The molecule has 0 aliphatic rings. The topological polar surface area (TPSA) is 17.1 Å². The van der Waals surface area contributed by atoms with E-state index in [1.165, 1.54) is 11.3 Å². The number of thiophene rings is 1. The first-order valence-corrected chi connectivity index (χ1v) is 7.11. The van der Waals surface area contributed by atoms with Gasteiger partial charge in [-0.25, -0.2) is 0 Å². The van der Waals surface area contributed by atoms with Crippen molar-refractivity contribution in [2.45, 2.75) is 6.92 Å². The van der Waals surface area contributed by atoms with Crippen molar-refractivity contribution in [2.24, 2.45) is 0 Å². The fraction of sp³-hybridized carbons (Fsp3) is 0.0833. The van der Waals surface area contributed by atoms with E-state index in [9.17, 15) is 4.79 Å². The maximum atomic E-state index is 12.2. The molecule has 1 heterocycles. The number of rotatable bonds is 2. The maximum Gasteiger partial charge on any atom is 0.203 e. The fourth-order valence-electron chi connectivity index (χ4n) is 1.39. The van der Waals surface area contributed by atoms with Crippen molar-refractivity contribution in [2.75, 3.05) is 0 Å². The highest BCUT2D eigenvalue weighted by Gasteiger charge is 2.14. The Bertz CT molecular complexity index is 573. The number of ketones is 1. The SMILES string of the molecule is Cc1cc(C(=O)c2cc(Cl)c(Br)s2)ccc1Cl. The van der Waals surface area contributed by atoms with Gasteiger partial charge in [-0.1, -0.05) is 23.2 Å². The molecule has 0 aliphatic heterocycles. The Labute approximate surface area is 121 Å². The Balaban J connectivity index is 2.40. The van der Waals surface area contributed by atoms with Crippen LogP contribution in [0.3, 0.4) is 0 Å². The maximum absolute atomic E-state index is 12.2. The number of carbonyl (C=O) groups is 1. The summed E-state index contributed by atoms with van der Waals surface area (Å²) in [5, 5.41) is 1.22. The van der Waals surface area contributed by atoms with Gasteiger partial charge in [0, 0.05) is 10.6 Å². The third-order valence-corrected chi connectivity index (χ3v) is 5.19. The molecule has 88 valence electrons. The lowest BCUT2D eigenvalue weighted by molar-refractivity contribution is 0.104. The number of aryl methyl sites for hydroxylation is 1. The molecule has 0 saturated heterocycles. The van der Waals surface area contributed by atoms with Crippen LogP contribution in [0.1, 0.15) is 20.8 Å². The van der Waals surface area contributed by atoms with Gasteiger partial charge in [-0.3, -0.25) is 4.79 Å². The average molecular weight is 350 g/mol. The highest BCUT2D eigenvalue weighted by Crippen LogP contribution is 2.33. The van der Waals surface area contributed by atoms with Crippen molar-refractivity contribution in [1.82, 2.24) is 0 Å². The van der Waals surface area contributed by atoms with Crippen LogP contribution in [0.15, 0.2) is 28.1 Å². The van der Waals surface area contributed by atoms with Crippen molar-refractivity contribution in [3.63, 3.8) is 0 Å². The Kier molecular flexibility index (Phi) is 3.93. The largest absolute Gasteiger partial charge is 0.288 e. The molecule has 2 aromatic rings. The lowest BCUT2D eigenvalue weighted by Gasteiger charge is -2.01. The van der Waals surface area contributed by atoms with Crippen molar-refractivity contribution in [3.8, 4) is 0 Å². The number of hydrogen-bond donors (Lipinski definition) is 0. The minimum absolute atomic E-state index is 0.0395. The first kappa shape index (κ1) is 13.1. The predicted molar refractivity (Wildman–Crippen MR) is 76.7 cm³/mol. The molecule has 1 aromatic heterocycles. The number of hydrogen-bond acceptors (Lipinski definition) is 2. The molecular formula is C12H7BrCl2OS. The third-order valence-electron chi connectivity index (χ3n) is 2.29. The van der Waals surface area contributed by atoms with Gasteiger partial charge in [0.15, 0.2) is 0 Å². The van der Waals surface area contributed by atoms with Gasteiger partial charge < -0.3 is 0 Å².